The van der Waals surface area contributed by atoms with Crippen molar-refractivity contribution in [3.05, 3.63) is 28.9 Å². The Morgan fingerprint density at radius 3 is 2.33 bits per heavy atom. The third-order valence-corrected chi connectivity index (χ3v) is 3.14. The van der Waals surface area contributed by atoms with E-state index >= 15 is 0 Å². The first-order valence-electron chi connectivity index (χ1n) is 7.29. The fourth-order valence-electron chi connectivity index (χ4n) is 1.98. The number of hydrogen-bond acceptors (Lipinski definition) is 6. The predicted octanol–water partition coefficient (Wildman–Crippen LogP) is 3.25. The van der Waals surface area contributed by atoms with E-state index in [0.29, 0.717) is 6.54 Å². The minimum absolute atomic E-state index is 0.276. The van der Waals surface area contributed by atoms with Gasteiger partial charge in [0, 0.05) is 24.1 Å². The van der Waals surface area contributed by atoms with Crippen molar-refractivity contribution in [2.45, 2.75) is 47.1 Å². The summed E-state index contributed by atoms with van der Waals surface area (Å²) < 4.78 is 5.07. The molecule has 0 atom stereocenters. The zero-order chi connectivity index (χ0) is 15.4. The lowest BCUT2D eigenvalue weighted by molar-refractivity contribution is 0.391. The highest BCUT2D eigenvalue weighted by molar-refractivity contribution is 5.57. The van der Waals surface area contributed by atoms with Gasteiger partial charge in [-0.2, -0.15) is 0 Å². The van der Waals surface area contributed by atoms with Gasteiger partial charge in [0.2, 0.25) is 0 Å². The standard InChI is InChI=1S/C15H23N5O/c1-6-16-14-11(5)15(19-13(18-14)9(2)3)17-8-12-7-10(4)21-20-12/h7,9H,6,8H2,1-5H3,(H2,16,17,18,19). The SMILES string of the molecule is CCNc1nc(C(C)C)nc(NCc2cc(C)on2)c1C. The largest absolute Gasteiger partial charge is 0.370 e. The Morgan fingerprint density at radius 1 is 1.14 bits per heavy atom. The van der Waals surface area contributed by atoms with Crippen molar-refractivity contribution in [3.63, 3.8) is 0 Å². The van der Waals surface area contributed by atoms with Gasteiger partial charge >= 0.3 is 0 Å². The van der Waals surface area contributed by atoms with Gasteiger partial charge in [-0.05, 0) is 20.8 Å². The Hall–Kier alpha value is -2.11. The van der Waals surface area contributed by atoms with Crippen LogP contribution in [-0.4, -0.2) is 21.7 Å². The maximum absolute atomic E-state index is 5.07. The smallest absolute Gasteiger partial charge is 0.135 e. The van der Waals surface area contributed by atoms with Crippen molar-refractivity contribution in [2.75, 3.05) is 17.2 Å². The summed E-state index contributed by atoms with van der Waals surface area (Å²) >= 11 is 0. The van der Waals surface area contributed by atoms with Crippen molar-refractivity contribution in [1.29, 1.82) is 0 Å². The number of anilines is 2. The van der Waals surface area contributed by atoms with Gasteiger partial charge in [0.05, 0.1) is 6.54 Å². The van der Waals surface area contributed by atoms with Crippen LogP contribution < -0.4 is 10.6 Å². The molecule has 0 aliphatic rings. The molecule has 0 saturated heterocycles. The zero-order valence-electron chi connectivity index (χ0n) is 13.3. The molecule has 0 aliphatic carbocycles. The molecule has 6 nitrogen and oxygen atoms in total. The van der Waals surface area contributed by atoms with Gasteiger partial charge in [0.25, 0.3) is 0 Å². The van der Waals surface area contributed by atoms with Crippen LogP contribution in [0.2, 0.25) is 0 Å². The fraction of sp³-hybridized carbons (Fsp3) is 0.533. The highest BCUT2D eigenvalue weighted by Crippen LogP contribution is 2.23. The van der Waals surface area contributed by atoms with E-state index in [1.54, 1.807) is 0 Å². The monoisotopic (exact) mass is 289 g/mol. The molecule has 2 aromatic heterocycles. The third kappa shape index (κ3) is 3.71. The molecule has 6 heteroatoms. The third-order valence-electron chi connectivity index (χ3n) is 3.14. The summed E-state index contributed by atoms with van der Waals surface area (Å²) in [6.07, 6.45) is 0. The Bertz CT molecular complexity index is 606. The van der Waals surface area contributed by atoms with Crippen molar-refractivity contribution in [1.82, 2.24) is 15.1 Å². The molecule has 0 aromatic carbocycles. The minimum atomic E-state index is 0.276. The lowest BCUT2D eigenvalue weighted by atomic mass is 10.2. The Morgan fingerprint density at radius 2 is 1.81 bits per heavy atom. The number of nitrogens with zero attached hydrogens (tertiary/aromatic N) is 3. The average Bonchev–Trinajstić information content (AvgIpc) is 2.85. The Kier molecular flexibility index (Phi) is 4.77. The molecule has 0 aliphatic heterocycles. The van der Waals surface area contributed by atoms with Crippen LogP contribution in [0.4, 0.5) is 11.6 Å². The molecule has 114 valence electrons. The molecule has 2 aromatic rings. The summed E-state index contributed by atoms with van der Waals surface area (Å²) in [4.78, 5) is 9.20. The van der Waals surface area contributed by atoms with E-state index in [1.807, 2.05) is 19.9 Å². The Balaban J connectivity index is 2.23. The minimum Gasteiger partial charge on any atom is -0.370 e. The lowest BCUT2D eigenvalue weighted by Crippen LogP contribution is -2.12. The molecule has 0 fully saturated rings. The van der Waals surface area contributed by atoms with E-state index in [0.717, 1.165) is 41.0 Å². The summed E-state index contributed by atoms with van der Waals surface area (Å²) in [5, 5.41) is 10.6. The van der Waals surface area contributed by atoms with E-state index in [9.17, 15) is 0 Å². The lowest BCUT2D eigenvalue weighted by Gasteiger charge is -2.15. The van der Waals surface area contributed by atoms with E-state index in [2.05, 4.69) is 46.5 Å². The van der Waals surface area contributed by atoms with Crippen LogP contribution in [0, 0.1) is 13.8 Å². The van der Waals surface area contributed by atoms with Gasteiger partial charge in [-0.1, -0.05) is 19.0 Å². The van der Waals surface area contributed by atoms with Crippen LogP contribution in [0.25, 0.3) is 0 Å². The van der Waals surface area contributed by atoms with E-state index in [4.69, 9.17) is 4.52 Å². The molecule has 2 rings (SSSR count). The highest BCUT2D eigenvalue weighted by Gasteiger charge is 2.13. The van der Waals surface area contributed by atoms with Gasteiger partial charge in [0.15, 0.2) is 0 Å². The molecular weight excluding hydrogens is 266 g/mol. The van der Waals surface area contributed by atoms with Crippen molar-refractivity contribution < 1.29 is 4.52 Å². The average molecular weight is 289 g/mol. The fourth-order valence-corrected chi connectivity index (χ4v) is 1.98. The zero-order valence-corrected chi connectivity index (χ0v) is 13.3. The second-order valence-electron chi connectivity index (χ2n) is 5.37. The van der Waals surface area contributed by atoms with Crippen LogP contribution in [-0.2, 0) is 6.54 Å². The molecule has 0 bridgehead atoms. The predicted molar refractivity (Wildman–Crippen MR) is 83.6 cm³/mol. The summed E-state index contributed by atoms with van der Waals surface area (Å²) in [5.74, 6) is 3.64. The molecule has 0 radical (unpaired) electrons. The van der Waals surface area contributed by atoms with Crippen molar-refractivity contribution in [2.24, 2.45) is 0 Å². The molecule has 0 saturated carbocycles. The van der Waals surface area contributed by atoms with Gasteiger partial charge in [-0.15, -0.1) is 0 Å². The van der Waals surface area contributed by atoms with E-state index < -0.39 is 0 Å². The number of aryl methyl sites for hydroxylation is 1. The highest BCUT2D eigenvalue weighted by atomic mass is 16.5. The molecule has 2 heterocycles. The van der Waals surface area contributed by atoms with Crippen LogP contribution >= 0.6 is 0 Å². The van der Waals surface area contributed by atoms with Gasteiger partial charge in [-0.25, -0.2) is 9.97 Å². The molecule has 0 spiro atoms. The van der Waals surface area contributed by atoms with Crippen LogP contribution in [0.3, 0.4) is 0 Å². The number of hydrogen-bond donors (Lipinski definition) is 2. The number of rotatable bonds is 6. The van der Waals surface area contributed by atoms with E-state index in [1.165, 1.54) is 0 Å². The number of nitrogens with one attached hydrogen (secondary N) is 2. The summed E-state index contributed by atoms with van der Waals surface area (Å²) in [7, 11) is 0. The van der Waals surface area contributed by atoms with Crippen LogP contribution in [0.15, 0.2) is 10.6 Å². The van der Waals surface area contributed by atoms with Gasteiger partial charge in [-0.3, -0.25) is 0 Å². The second-order valence-corrected chi connectivity index (χ2v) is 5.37. The second kappa shape index (κ2) is 6.56. The first-order chi connectivity index (χ1) is 10.0. The number of aromatic nitrogens is 3. The normalized spacial score (nSPS) is 11.0. The quantitative estimate of drug-likeness (QED) is 0.850. The Labute approximate surface area is 125 Å². The van der Waals surface area contributed by atoms with Crippen LogP contribution in [0.5, 0.6) is 0 Å². The summed E-state index contributed by atoms with van der Waals surface area (Å²) in [5.41, 5.74) is 1.88. The van der Waals surface area contributed by atoms with Crippen molar-refractivity contribution in [3.8, 4) is 0 Å². The van der Waals surface area contributed by atoms with Gasteiger partial charge in [0.1, 0.15) is 28.9 Å². The first-order valence-corrected chi connectivity index (χ1v) is 7.29. The topological polar surface area (TPSA) is 75.9 Å². The van der Waals surface area contributed by atoms with Gasteiger partial charge < -0.3 is 15.2 Å². The maximum Gasteiger partial charge on any atom is 0.135 e. The molecule has 0 unspecified atom stereocenters. The van der Waals surface area contributed by atoms with Crippen molar-refractivity contribution >= 4 is 11.6 Å². The molecule has 2 N–H and O–H groups in total. The summed E-state index contributed by atoms with van der Waals surface area (Å²) in [6, 6.07) is 1.91. The maximum atomic E-state index is 5.07. The molecule has 0 amide bonds. The summed E-state index contributed by atoms with van der Waals surface area (Å²) in [6.45, 7) is 11.5. The van der Waals surface area contributed by atoms with Crippen LogP contribution in [0.1, 0.15) is 49.5 Å². The molecular formula is C15H23N5O. The first kappa shape index (κ1) is 15.3. The molecule has 21 heavy (non-hydrogen) atoms. The van der Waals surface area contributed by atoms with E-state index in [-0.39, 0.29) is 5.92 Å².